The summed E-state index contributed by atoms with van der Waals surface area (Å²) in [5.74, 6) is -0.0254. The molecule has 1 N–H and O–H groups in total. The van der Waals surface area contributed by atoms with E-state index < -0.39 is 12.1 Å². The summed E-state index contributed by atoms with van der Waals surface area (Å²) in [4.78, 5) is 23.2. The first-order chi connectivity index (χ1) is 10.7. The van der Waals surface area contributed by atoms with Crippen LogP contribution in [0.1, 0.15) is 25.3 Å². The van der Waals surface area contributed by atoms with Crippen LogP contribution in [0.4, 0.5) is 4.79 Å². The van der Waals surface area contributed by atoms with Gasteiger partial charge in [-0.3, -0.25) is 0 Å². The number of alkyl carbamates (subject to hydrolysis) is 1. The molecule has 0 unspecified atom stereocenters. The third-order valence-electron chi connectivity index (χ3n) is 3.35. The van der Waals surface area contributed by atoms with Crippen molar-refractivity contribution in [2.24, 2.45) is 5.92 Å². The molecule has 1 aliphatic carbocycles. The van der Waals surface area contributed by atoms with Crippen LogP contribution in [-0.2, 0) is 20.9 Å². The van der Waals surface area contributed by atoms with Crippen LogP contribution in [-0.4, -0.2) is 24.7 Å². The third-order valence-corrected chi connectivity index (χ3v) is 3.35. The molecule has 1 saturated carbocycles. The van der Waals surface area contributed by atoms with E-state index in [4.69, 9.17) is 9.47 Å². The van der Waals surface area contributed by atoms with E-state index in [2.05, 4.69) is 5.32 Å². The van der Waals surface area contributed by atoms with Gasteiger partial charge in [0.25, 0.3) is 0 Å². The molecule has 1 aromatic rings. The molecule has 5 heteroatoms. The molecule has 5 nitrogen and oxygen atoms in total. The summed E-state index contributed by atoms with van der Waals surface area (Å²) in [7, 11) is 0. The Morgan fingerprint density at radius 3 is 2.64 bits per heavy atom. The lowest BCUT2D eigenvalue weighted by Crippen LogP contribution is -2.35. The number of hydrogen-bond donors (Lipinski definition) is 1. The molecule has 1 aliphatic rings. The van der Waals surface area contributed by atoms with Gasteiger partial charge in [-0.1, -0.05) is 36.4 Å². The number of rotatable bonds is 7. The number of nitrogens with one attached hydrogen (secondary N) is 1. The van der Waals surface area contributed by atoms with E-state index in [1.54, 1.807) is 13.0 Å². The molecule has 22 heavy (non-hydrogen) atoms. The molecule has 0 heterocycles. The molecule has 0 radical (unpaired) electrons. The standard InChI is InChI=1S/C17H21NO4/c1-2-21-16(19)11-10-15(14-8-9-14)18-17(20)22-12-13-6-4-3-5-7-13/h3-7,10-11,14-15H,2,8-9,12H2,1H3,(H,18,20)/t15-/m1/s1. The number of benzene rings is 1. The Labute approximate surface area is 130 Å². The quantitative estimate of drug-likeness (QED) is 0.621. The molecule has 1 aromatic carbocycles. The van der Waals surface area contributed by atoms with Gasteiger partial charge in [0.2, 0.25) is 0 Å². The van der Waals surface area contributed by atoms with Gasteiger partial charge in [-0.15, -0.1) is 0 Å². The number of carbonyl (C=O) groups excluding carboxylic acids is 2. The molecule has 0 aromatic heterocycles. The average molecular weight is 303 g/mol. The maximum absolute atomic E-state index is 11.8. The second-order valence-electron chi connectivity index (χ2n) is 5.18. The largest absolute Gasteiger partial charge is 0.463 e. The van der Waals surface area contributed by atoms with Crippen molar-refractivity contribution < 1.29 is 19.1 Å². The molecule has 2 rings (SSSR count). The Morgan fingerprint density at radius 1 is 1.27 bits per heavy atom. The number of carbonyl (C=O) groups is 2. The summed E-state index contributed by atoms with van der Waals surface area (Å²) in [5.41, 5.74) is 0.933. The van der Waals surface area contributed by atoms with Gasteiger partial charge in [-0.05, 0) is 31.2 Å². The van der Waals surface area contributed by atoms with Crippen molar-refractivity contribution in [3.63, 3.8) is 0 Å². The number of hydrogen-bond acceptors (Lipinski definition) is 4. The highest BCUT2D eigenvalue weighted by Crippen LogP contribution is 2.33. The summed E-state index contributed by atoms with van der Waals surface area (Å²) in [5, 5.41) is 2.79. The van der Waals surface area contributed by atoms with Crippen LogP contribution < -0.4 is 5.32 Å². The van der Waals surface area contributed by atoms with Crippen LogP contribution >= 0.6 is 0 Å². The first-order valence-electron chi connectivity index (χ1n) is 7.51. The minimum atomic E-state index is -0.478. The van der Waals surface area contributed by atoms with Gasteiger partial charge in [-0.2, -0.15) is 0 Å². The summed E-state index contributed by atoms with van der Waals surface area (Å²) in [6.07, 6.45) is 4.64. The van der Waals surface area contributed by atoms with Gasteiger partial charge in [0.15, 0.2) is 0 Å². The second kappa shape index (κ2) is 8.22. The maximum Gasteiger partial charge on any atom is 0.407 e. The fourth-order valence-corrected chi connectivity index (χ4v) is 2.05. The van der Waals surface area contributed by atoms with Gasteiger partial charge in [0.05, 0.1) is 12.6 Å². The number of ether oxygens (including phenoxy) is 2. The normalized spacial score (nSPS) is 15.3. The van der Waals surface area contributed by atoms with E-state index in [0.717, 1.165) is 18.4 Å². The Morgan fingerprint density at radius 2 is 2.00 bits per heavy atom. The zero-order chi connectivity index (χ0) is 15.8. The predicted octanol–water partition coefficient (Wildman–Crippen LogP) is 2.81. The Hall–Kier alpha value is -2.30. The van der Waals surface area contributed by atoms with Crippen molar-refractivity contribution in [3.8, 4) is 0 Å². The van der Waals surface area contributed by atoms with Crippen LogP contribution in [0.2, 0.25) is 0 Å². The zero-order valence-electron chi connectivity index (χ0n) is 12.7. The van der Waals surface area contributed by atoms with Crippen LogP contribution in [0.25, 0.3) is 0 Å². The van der Waals surface area contributed by atoms with Gasteiger partial charge in [-0.25, -0.2) is 9.59 Å². The lowest BCUT2D eigenvalue weighted by atomic mass is 10.2. The fraction of sp³-hybridized carbons (Fsp3) is 0.412. The highest BCUT2D eigenvalue weighted by molar-refractivity contribution is 5.82. The predicted molar refractivity (Wildman–Crippen MR) is 82.0 cm³/mol. The zero-order valence-corrected chi connectivity index (χ0v) is 12.7. The number of esters is 1. The average Bonchev–Trinajstić information content (AvgIpc) is 3.35. The van der Waals surface area contributed by atoms with Crippen LogP contribution in [0.3, 0.4) is 0 Å². The minimum Gasteiger partial charge on any atom is -0.463 e. The monoisotopic (exact) mass is 303 g/mol. The third kappa shape index (κ3) is 5.60. The van der Waals surface area contributed by atoms with Crippen molar-refractivity contribution in [1.82, 2.24) is 5.32 Å². The highest BCUT2D eigenvalue weighted by atomic mass is 16.5. The molecule has 1 atom stereocenters. The first kappa shape index (κ1) is 16.1. The SMILES string of the molecule is CCOC(=O)C=C[C@@H](NC(=O)OCc1ccccc1)C1CC1. The lowest BCUT2D eigenvalue weighted by Gasteiger charge is -2.14. The van der Waals surface area contributed by atoms with E-state index in [1.165, 1.54) is 6.08 Å². The summed E-state index contributed by atoms with van der Waals surface area (Å²) >= 11 is 0. The molecular formula is C17H21NO4. The van der Waals surface area contributed by atoms with Crippen molar-refractivity contribution in [3.05, 3.63) is 48.0 Å². The molecule has 0 saturated heterocycles. The van der Waals surface area contributed by atoms with Crippen molar-refractivity contribution in [2.75, 3.05) is 6.61 Å². The minimum absolute atomic E-state index is 0.187. The Kier molecular flexibility index (Phi) is 6.01. The van der Waals surface area contributed by atoms with Crippen molar-refractivity contribution in [1.29, 1.82) is 0 Å². The van der Waals surface area contributed by atoms with Crippen LogP contribution in [0.5, 0.6) is 0 Å². The van der Waals surface area contributed by atoms with Gasteiger partial charge in [0.1, 0.15) is 6.61 Å². The van der Waals surface area contributed by atoms with Gasteiger partial charge < -0.3 is 14.8 Å². The molecular weight excluding hydrogens is 282 g/mol. The highest BCUT2D eigenvalue weighted by Gasteiger charge is 2.31. The molecule has 1 amide bonds. The van der Waals surface area contributed by atoms with Crippen LogP contribution in [0, 0.1) is 5.92 Å². The molecule has 0 bridgehead atoms. The fourth-order valence-electron chi connectivity index (χ4n) is 2.05. The van der Waals surface area contributed by atoms with E-state index >= 15 is 0 Å². The Bertz CT molecular complexity index is 523. The van der Waals surface area contributed by atoms with E-state index in [1.807, 2.05) is 30.3 Å². The number of amides is 1. The lowest BCUT2D eigenvalue weighted by molar-refractivity contribution is -0.137. The van der Waals surface area contributed by atoms with Crippen molar-refractivity contribution >= 4 is 12.1 Å². The smallest absolute Gasteiger partial charge is 0.407 e. The first-order valence-corrected chi connectivity index (χ1v) is 7.51. The van der Waals surface area contributed by atoms with Gasteiger partial charge in [0, 0.05) is 6.08 Å². The van der Waals surface area contributed by atoms with E-state index in [0.29, 0.717) is 12.5 Å². The molecule has 118 valence electrons. The molecule has 0 spiro atoms. The second-order valence-corrected chi connectivity index (χ2v) is 5.18. The summed E-state index contributed by atoms with van der Waals surface area (Å²) in [6, 6.07) is 9.30. The summed E-state index contributed by atoms with van der Waals surface area (Å²) < 4.78 is 10.0. The Balaban J connectivity index is 1.80. The van der Waals surface area contributed by atoms with Gasteiger partial charge >= 0.3 is 12.1 Å². The van der Waals surface area contributed by atoms with Crippen LogP contribution in [0.15, 0.2) is 42.5 Å². The van der Waals surface area contributed by atoms with E-state index in [9.17, 15) is 9.59 Å². The maximum atomic E-state index is 11.8. The molecule has 1 fully saturated rings. The van der Waals surface area contributed by atoms with Crippen molar-refractivity contribution in [2.45, 2.75) is 32.4 Å². The summed E-state index contributed by atoms with van der Waals surface area (Å²) in [6.45, 7) is 2.32. The molecule has 0 aliphatic heterocycles. The van der Waals surface area contributed by atoms with E-state index in [-0.39, 0.29) is 12.6 Å². The topological polar surface area (TPSA) is 64.6 Å².